The molecule has 5 rings (SSSR count). The van der Waals surface area contributed by atoms with E-state index in [0.29, 0.717) is 36.3 Å². The van der Waals surface area contributed by atoms with E-state index in [1.54, 1.807) is 13.3 Å². The van der Waals surface area contributed by atoms with Gasteiger partial charge >= 0.3 is 0 Å². The van der Waals surface area contributed by atoms with Crippen LogP contribution in [0.3, 0.4) is 0 Å². The van der Waals surface area contributed by atoms with Crippen LogP contribution in [0.5, 0.6) is 5.75 Å². The van der Waals surface area contributed by atoms with E-state index in [9.17, 15) is 4.79 Å². The van der Waals surface area contributed by atoms with Crippen molar-refractivity contribution in [3.63, 3.8) is 0 Å². The second-order valence-electron chi connectivity index (χ2n) is 8.42. The predicted octanol–water partition coefficient (Wildman–Crippen LogP) is 2.46. The SMILES string of the molecule is COc1cnc(Cl)cc1N1CC(CC(=O)N2Cc3nc4c(c(C)c3C2)CCNC4)C1. The van der Waals surface area contributed by atoms with Crippen molar-refractivity contribution in [1.29, 1.82) is 0 Å². The molecule has 0 radical (unpaired) electrons. The first-order valence-electron chi connectivity index (χ1n) is 10.5. The molecule has 1 N–H and O–H groups in total. The summed E-state index contributed by atoms with van der Waals surface area (Å²) < 4.78 is 5.39. The molecule has 3 aliphatic rings. The number of aromatic nitrogens is 2. The van der Waals surface area contributed by atoms with Crippen LogP contribution in [0.15, 0.2) is 12.3 Å². The third-order valence-electron chi connectivity index (χ3n) is 6.55. The van der Waals surface area contributed by atoms with Crippen molar-refractivity contribution < 1.29 is 9.53 Å². The summed E-state index contributed by atoms with van der Waals surface area (Å²) >= 11 is 6.05. The highest BCUT2D eigenvalue weighted by Gasteiger charge is 2.34. The van der Waals surface area contributed by atoms with Crippen molar-refractivity contribution in [3.05, 3.63) is 45.5 Å². The van der Waals surface area contributed by atoms with E-state index < -0.39 is 0 Å². The van der Waals surface area contributed by atoms with Crippen LogP contribution in [-0.4, -0.2) is 47.5 Å². The third kappa shape index (κ3) is 3.40. The number of fused-ring (bicyclic) bond motifs is 2. The number of amides is 1. The molecular formula is C22H26ClN5O2. The number of hydrogen-bond donors (Lipinski definition) is 1. The van der Waals surface area contributed by atoms with Gasteiger partial charge in [-0.3, -0.25) is 9.78 Å². The average molecular weight is 428 g/mol. The molecule has 30 heavy (non-hydrogen) atoms. The van der Waals surface area contributed by atoms with Gasteiger partial charge in [-0.05, 0) is 36.6 Å². The van der Waals surface area contributed by atoms with Gasteiger partial charge in [0, 0.05) is 44.6 Å². The maximum atomic E-state index is 13.0. The van der Waals surface area contributed by atoms with Gasteiger partial charge < -0.3 is 19.9 Å². The lowest BCUT2D eigenvalue weighted by Gasteiger charge is -2.41. The number of rotatable bonds is 4. The van der Waals surface area contributed by atoms with Crippen LogP contribution in [0, 0.1) is 12.8 Å². The lowest BCUT2D eigenvalue weighted by Crippen LogP contribution is -2.48. The van der Waals surface area contributed by atoms with Gasteiger partial charge in [-0.25, -0.2) is 4.98 Å². The van der Waals surface area contributed by atoms with E-state index >= 15 is 0 Å². The molecule has 0 spiro atoms. The zero-order valence-corrected chi connectivity index (χ0v) is 18.1. The number of nitrogens with zero attached hydrogens (tertiary/aromatic N) is 4. The Morgan fingerprint density at radius 3 is 2.93 bits per heavy atom. The van der Waals surface area contributed by atoms with E-state index in [1.807, 2.05) is 11.0 Å². The highest BCUT2D eigenvalue weighted by atomic mass is 35.5. The molecule has 1 saturated heterocycles. The summed E-state index contributed by atoms with van der Waals surface area (Å²) in [6, 6.07) is 1.82. The number of carbonyl (C=O) groups is 1. The van der Waals surface area contributed by atoms with E-state index in [0.717, 1.165) is 49.7 Å². The van der Waals surface area contributed by atoms with Gasteiger partial charge in [-0.1, -0.05) is 11.6 Å². The van der Waals surface area contributed by atoms with Crippen LogP contribution in [-0.2, 0) is 30.8 Å². The Morgan fingerprint density at radius 2 is 2.13 bits per heavy atom. The third-order valence-corrected chi connectivity index (χ3v) is 6.76. The number of halogens is 1. The van der Waals surface area contributed by atoms with Gasteiger partial charge in [0.1, 0.15) is 5.15 Å². The van der Waals surface area contributed by atoms with Crippen LogP contribution in [0.4, 0.5) is 5.69 Å². The molecule has 158 valence electrons. The van der Waals surface area contributed by atoms with Crippen LogP contribution >= 0.6 is 11.6 Å². The monoisotopic (exact) mass is 427 g/mol. The topological polar surface area (TPSA) is 70.6 Å². The minimum absolute atomic E-state index is 0.216. The number of pyridine rings is 2. The summed E-state index contributed by atoms with van der Waals surface area (Å²) in [6.45, 7) is 6.99. The second kappa shape index (κ2) is 7.71. The van der Waals surface area contributed by atoms with E-state index in [-0.39, 0.29) is 5.91 Å². The first kappa shape index (κ1) is 19.6. The van der Waals surface area contributed by atoms with E-state index in [4.69, 9.17) is 21.3 Å². The number of ether oxygens (including phenoxy) is 1. The average Bonchev–Trinajstić information content (AvgIpc) is 3.15. The molecule has 0 unspecified atom stereocenters. The number of methoxy groups -OCH3 is 1. The highest BCUT2D eigenvalue weighted by Crippen LogP contribution is 2.36. The molecule has 0 saturated carbocycles. The van der Waals surface area contributed by atoms with Crippen molar-refractivity contribution in [2.45, 2.75) is 39.4 Å². The standard InChI is InChI=1S/C22H26ClN5O2/c1-13-15-3-4-24-7-17(15)26-18-12-28(11-16(13)18)22(29)5-14-9-27(10-14)19-6-21(23)25-8-20(19)30-2/h6,8,14,24H,3-5,7,9-12H2,1-2H3. The number of hydrogen-bond acceptors (Lipinski definition) is 6. The maximum absolute atomic E-state index is 13.0. The highest BCUT2D eigenvalue weighted by molar-refractivity contribution is 6.29. The lowest BCUT2D eigenvalue weighted by molar-refractivity contribution is -0.133. The maximum Gasteiger partial charge on any atom is 0.223 e. The molecule has 8 heteroatoms. The van der Waals surface area contributed by atoms with Crippen molar-refractivity contribution in [2.24, 2.45) is 5.92 Å². The van der Waals surface area contributed by atoms with Crippen LogP contribution in [0.1, 0.15) is 34.5 Å². The lowest BCUT2D eigenvalue weighted by atomic mass is 9.94. The Morgan fingerprint density at radius 1 is 1.30 bits per heavy atom. The van der Waals surface area contributed by atoms with Gasteiger partial charge in [-0.15, -0.1) is 0 Å². The summed E-state index contributed by atoms with van der Waals surface area (Å²) in [5.74, 6) is 1.26. The zero-order valence-electron chi connectivity index (χ0n) is 17.4. The van der Waals surface area contributed by atoms with Crippen molar-refractivity contribution in [1.82, 2.24) is 20.2 Å². The Hall–Kier alpha value is -2.38. The number of anilines is 1. The quantitative estimate of drug-likeness (QED) is 0.756. The van der Waals surface area contributed by atoms with Crippen molar-refractivity contribution in [2.75, 3.05) is 31.6 Å². The molecule has 2 aromatic heterocycles. The molecule has 7 nitrogen and oxygen atoms in total. The van der Waals surface area contributed by atoms with Gasteiger partial charge in [0.2, 0.25) is 5.91 Å². The zero-order chi connectivity index (χ0) is 20.8. The predicted molar refractivity (Wildman–Crippen MR) is 115 cm³/mol. The minimum atomic E-state index is 0.216. The van der Waals surface area contributed by atoms with Crippen LogP contribution in [0.25, 0.3) is 0 Å². The number of nitrogens with one attached hydrogen (secondary N) is 1. The molecule has 0 bridgehead atoms. The summed E-state index contributed by atoms with van der Waals surface area (Å²) in [5.41, 5.74) is 7.15. The second-order valence-corrected chi connectivity index (χ2v) is 8.81. The van der Waals surface area contributed by atoms with Crippen LogP contribution < -0.4 is 15.0 Å². The molecular weight excluding hydrogens is 402 g/mol. The molecule has 5 heterocycles. The fraction of sp³-hybridized carbons (Fsp3) is 0.500. The molecule has 0 aromatic carbocycles. The molecule has 2 aromatic rings. The molecule has 1 amide bonds. The van der Waals surface area contributed by atoms with Gasteiger partial charge in [0.05, 0.1) is 36.9 Å². The normalized spacial score (nSPS) is 18.1. The van der Waals surface area contributed by atoms with Crippen LogP contribution in [0.2, 0.25) is 5.15 Å². The fourth-order valence-corrected chi connectivity index (χ4v) is 4.99. The molecule has 0 aliphatic carbocycles. The van der Waals surface area contributed by atoms with Crippen molar-refractivity contribution in [3.8, 4) is 5.75 Å². The molecule has 3 aliphatic heterocycles. The Balaban J connectivity index is 1.21. The minimum Gasteiger partial charge on any atom is -0.493 e. The van der Waals surface area contributed by atoms with E-state index in [2.05, 4.69) is 22.1 Å². The Labute approximate surface area is 181 Å². The summed E-state index contributed by atoms with van der Waals surface area (Å²) in [4.78, 5) is 26.1. The first-order chi connectivity index (χ1) is 14.5. The van der Waals surface area contributed by atoms with Gasteiger partial charge in [-0.2, -0.15) is 0 Å². The summed E-state index contributed by atoms with van der Waals surface area (Å²) in [7, 11) is 1.63. The van der Waals surface area contributed by atoms with Gasteiger partial charge in [0.15, 0.2) is 5.75 Å². The summed E-state index contributed by atoms with van der Waals surface area (Å²) in [6.07, 6.45) is 3.23. The van der Waals surface area contributed by atoms with E-state index in [1.165, 1.54) is 16.7 Å². The Bertz CT molecular complexity index is 1010. The fourth-order valence-electron chi connectivity index (χ4n) is 4.84. The molecule has 0 atom stereocenters. The first-order valence-corrected chi connectivity index (χ1v) is 10.8. The smallest absolute Gasteiger partial charge is 0.223 e. The van der Waals surface area contributed by atoms with Gasteiger partial charge in [0.25, 0.3) is 0 Å². The Kier molecular flexibility index (Phi) is 5.03. The number of carbonyl (C=O) groups excluding carboxylic acids is 1. The summed E-state index contributed by atoms with van der Waals surface area (Å²) in [5, 5.41) is 3.84. The largest absolute Gasteiger partial charge is 0.493 e. The molecule has 1 fully saturated rings. The van der Waals surface area contributed by atoms with Crippen molar-refractivity contribution >= 4 is 23.2 Å².